The molecule has 0 aromatic carbocycles. The van der Waals surface area contributed by atoms with E-state index in [1.54, 1.807) is 13.8 Å². The number of rotatable bonds is 4. The van der Waals surface area contributed by atoms with Crippen LogP contribution in [0.2, 0.25) is 0 Å². The van der Waals surface area contributed by atoms with Gasteiger partial charge in [0.25, 0.3) is 0 Å². The summed E-state index contributed by atoms with van der Waals surface area (Å²) in [6.07, 6.45) is -1.28. The summed E-state index contributed by atoms with van der Waals surface area (Å²) in [5, 5.41) is 16.0. The Bertz CT molecular complexity index is 181. The van der Waals surface area contributed by atoms with Gasteiger partial charge in [0.1, 0.15) is 12.2 Å². The molecule has 96 valence electrons. The molecule has 0 amide bonds. The topological polar surface area (TPSA) is 93.1 Å². The zero-order valence-electron chi connectivity index (χ0n) is 10.1. The summed E-state index contributed by atoms with van der Waals surface area (Å²) in [5.41, 5.74) is 0. The number of hydrogen-bond acceptors (Lipinski definition) is 4. The Morgan fingerprint density at radius 1 is 0.938 bits per heavy atom. The summed E-state index contributed by atoms with van der Waals surface area (Å²) in [7, 11) is 0. The molecule has 6 heteroatoms. The van der Waals surface area contributed by atoms with Crippen molar-refractivity contribution in [2.75, 3.05) is 0 Å². The monoisotopic (exact) mass is 236 g/mol. The van der Waals surface area contributed by atoms with Crippen molar-refractivity contribution in [3.8, 4) is 0 Å². The fourth-order valence-corrected chi connectivity index (χ4v) is 0.511. The first-order chi connectivity index (χ1) is 7.33. The number of ether oxygens (including phenoxy) is 2. The van der Waals surface area contributed by atoms with Crippen LogP contribution in [0.1, 0.15) is 40.5 Å². The molecule has 0 spiro atoms. The van der Waals surface area contributed by atoms with E-state index in [1.807, 2.05) is 13.8 Å². The average molecular weight is 236 g/mol. The van der Waals surface area contributed by atoms with Crippen molar-refractivity contribution in [3.05, 3.63) is 0 Å². The molecule has 0 saturated carbocycles. The lowest BCUT2D eigenvalue weighted by Gasteiger charge is -2.04. The van der Waals surface area contributed by atoms with Gasteiger partial charge in [0.2, 0.25) is 0 Å². The van der Waals surface area contributed by atoms with Crippen LogP contribution < -0.4 is 0 Å². The molecule has 0 rings (SSSR count). The van der Waals surface area contributed by atoms with Crippen LogP contribution in [0.5, 0.6) is 0 Å². The Morgan fingerprint density at radius 2 is 1.19 bits per heavy atom. The second-order valence-corrected chi connectivity index (χ2v) is 3.21. The molecule has 2 N–H and O–H groups in total. The molecule has 0 heterocycles. The van der Waals surface area contributed by atoms with Crippen molar-refractivity contribution in [1.82, 2.24) is 0 Å². The van der Waals surface area contributed by atoms with E-state index in [1.165, 1.54) is 0 Å². The molecule has 0 fully saturated rings. The van der Waals surface area contributed by atoms with Crippen LogP contribution in [0.15, 0.2) is 0 Å². The summed E-state index contributed by atoms with van der Waals surface area (Å²) in [6, 6.07) is 0. The molecule has 0 aliphatic rings. The predicted molar refractivity (Wildman–Crippen MR) is 57.7 cm³/mol. The van der Waals surface area contributed by atoms with Gasteiger partial charge in [-0.1, -0.05) is 13.8 Å². The standard InChI is InChI=1S/2C5H10O3/c2*1-3-4(2)8-5(6)7/h2*4H,3H2,1-2H3,(H,6,7). The van der Waals surface area contributed by atoms with E-state index < -0.39 is 12.3 Å². The lowest BCUT2D eigenvalue weighted by molar-refractivity contribution is 0.0564. The van der Waals surface area contributed by atoms with Crippen LogP contribution in [0.25, 0.3) is 0 Å². The van der Waals surface area contributed by atoms with Gasteiger partial charge in [-0.2, -0.15) is 0 Å². The number of carboxylic acid groups (broad SMARTS) is 2. The van der Waals surface area contributed by atoms with Crippen LogP contribution in [-0.2, 0) is 9.47 Å². The molecule has 2 unspecified atom stereocenters. The maximum Gasteiger partial charge on any atom is 0.506 e. The first-order valence-electron chi connectivity index (χ1n) is 5.12. The van der Waals surface area contributed by atoms with E-state index in [9.17, 15) is 9.59 Å². The highest BCUT2D eigenvalue weighted by atomic mass is 16.7. The Morgan fingerprint density at radius 3 is 1.25 bits per heavy atom. The summed E-state index contributed by atoms with van der Waals surface area (Å²) in [4.78, 5) is 19.5. The van der Waals surface area contributed by atoms with Crippen LogP contribution in [0.3, 0.4) is 0 Å². The minimum absolute atomic E-state index is 0.174. The van der Waals surface area contributed by atoms with E-state index in [0.717, 1.165) is 12.8 Å². The fourth-order valence-electron chi connectivity index (χ4n) is 0.511. The van der Waals surface area contributed by atoms with Gasteiger partial charge in [-0.25, -0.2) is 9.59 Å². The molecule has 2 atom stereocenters. The molecule has 0 radical (unpaired) electrons. The first-order valence-corrected chi connectivity index (χ1v) is 5.12. The van der Waals surface area contributed by atoms with E-state index in [-0.39, 0.29) is 12.2 Å². The van der Waals surface area contributed by atoms with E-state index in [2.05, 4.69) is 9.47 Å². The van der Waals surface area contributed by atoms with Gasteiger partial charge in [0.15, 0.2) is 0 Å². The van der Waals surface area contributed by atoms with Gasteiger partial charge < -0.3 is 19.7 Å². The van der Waals surface area contributed by atoms with Gasteiger partial charge >= 0.3 is 12.3 Å². The van der Waals surface area contributed by atoms with Crippen LogP contribution in [0, 0.1) is 0 Å². The van der Waals surface area contributed by atoms with Crippen molar-refractivity contribution < 1.29 is 29.3 Å². The molecule has 16 heavy (non-hydrogen) atoms. The van der Waals surface area contributed by atoms with Gasteiger partial charge in [0, 0.05) is 0 Å². The average Bonchev–Trinajstić information content (AvgIpc) is 2.16. The molecule has 0 aromatic rings. The SMILES string of the molecule is CCC(C)OC(=O)O.CCC(C)OC(=O)O. The highest BCUT2D eigenvalue weighted by Gasteiger charge is 2.02. The van der Waals surface area contributed by atoms with Crippen molar-refractivity contribution >= 4 is 12.3 Å². The molecule has 0 saturated heterocycles. The second kappa shape index (κ2) is 10.1. The molecular formula is C10H20O6. The Hall–Kier alpha value is -1.46. The summed E-state index contributed by atoms with van der Waals surface area (Å²) < 4.78 is 8.63. The molecule has 0 bridgehead atoms. The van der Waals surface area contributed by atoms with Gasteiger partial charge in [-0.3, -0.25) is 0 Å². The third kappa shape index (κ3) is 15.0. The number of hydrogen-bond donors (Lipinski definition) is 2. The maximum absolute atomic E-state index is 9.75. The van der Waals surface area contributed by atoms with Crippen molar-refractivity contribution in [2.45, 2.75) is 52.7 Å². The first kappa shape index (κ1) is 17.0. The van der Waals surface area contributed by atoms with Crippen LogP contribution >= 0.6 is 0 Å². The van der Waals surface area contributed by atoms with Crippen molar-refractivity contribution in [3.63, 3.8) is 0 Å². The largest absolute Gasteiger partial charge is 0.506 e. The zero-order valence-corrected chi connectivity index (χ0v) is 10.1. The summed E-state index contributed by atoms with van der Waals surface area (Å²) in [5.74, 6) is 0. The molecular weight excluding hydrogens is 216 g/mol. The van der Waals surface area contributed by atoms with Gasteiger partial charge in [-0.15, -0.1) is 0 Å². The zero-order chi connectivity index (χ0) is 13.1. The fraction of sp³-hybridized carbons (Fsp3) is 0.800. The maximum atomic E-state index is 9.75. The quantitative estimate of drug-likeness (QED) is 0.729. The lowest BCUT2D eigenvalue weighted by Crippen LogP contribution is -2.10. The van der Waals surface area contributed by atoms with Crippen molar-refractivity contribution in [1.29, 1.82) is 0 Å². The number of carbonyl (C=O) groups is 2. The normalized spacial score (nSPS) is 12.8. The van der Waals surface area contributed by atoms with Gasteiger partial charge in [-0.05, 0) is 26.7 Å². The summed E-state index contributed by atoms with van der Waals surface area (Å²) >= 11 is 0. The van der Waals surface area contributed by atoms with Crippen LogP contribution in [-0.4, -0.2) is 34.7 Å². The smallest absolute Gasteiger partial charge is 0.450 e. The van der Waals surface area contributed by atoms with Crippen LogP contribution in [0.4, 0.5) is 9.59 Å². The minimum Gasteiger partial charge on any atom is -0.450 e. The molecule has 0 aliphatic carbocycles. The molecule has 0 aliphatic heterocycles. The minimum atomic E-state index is -1.20. The third-order valence-corrected chi connectivity index (χ3v) is 1.75. The second-order valence-electron chi connectivity index (χ2n) is 3.21. The van der Waals surface area contributed by atoms with Crippen molar-refractivity contribution in [2.24, 2.45) is 0 Å². The predicted octanol–water partition coefficient (Wildman–Crippen LogP) is 2.96. The summed E-state index contributed by atoms with van der Waals surface area (Å²) in [6.45, 7) is 7.17. The van der Waals surface area contributed by atoms with E-state index in [4.69, 9.17) is 10.2 Å². The Balaban J connectivity index is 0. The highest BCUT2D eigenvalue weighted by molar-refractivity contribution is 5.57. The lowest BCUT2D eigenvalue weighted by atomic mass is 10.3. The van der Waals surface area contributed by atoms with E-state index >= 15 is 0 Å². The Kier molecular flexibility index (Phi) is 10.7. The van der Waals surface area contributed by atoms with Gasteiger partial charge in [0.05, 0.1) is 0 Å². The molecule has 6 nitrogen and oxygen atoms in total. The molecule has 0 aromatic heterocycles. The highest BCUT2D eigenvalue weighted by Crippen LogP contribution is 1.95. The Labute approximate surface area is 95.2 Å². The third-order valence-electron chi connectivity index (χ3n) is 1.75. The van der Waals surface area contributed by atoms with E-state index in [0.29, 0.717) is 0 Å².